The van der Waals surface area contributed by atoms with Crippen molar-refractivity contribution in [2.24, 2.45) is 0 Å². The Morgan fingerprint density at radius 2 is 2.07 bits per heavy atom. The van der Waals surface area contributed by atoms with Gasteiger partial charge in [-0.25, -0.2) is 8.42 Å². The number of thiophene rings is 1. The lowest BCUT2D eigenvalue weighted by molar-refractivity contribution is -0.120. The minimum Gasteiger partial charge on any atom is -0.356 e. The number of anilines is 1. The lowest BCUT2D eigenvalue weighted by atomic mass is 10.2. The molecule has 2 amide bonds. The molecule has 1 aromatic heterocycles. The molecular formula is C20H24N2O4S3. The molecule has 9 heteroatoms. The first-order chi connectivity index (χ1) is 13.8. The Kier molecular flexibility index (Phi) is 7.02. The molecule has 0 bridgehead atoms. The van der Waals surface area contributed by atoms with E-state index in [0.29, 0.717) is 18.7 Å². The second-order valence-corrected chi connectivity index (χ2v) is 11.2. The van der Waals surface area contributed by atoms with Crippen LogP contribution in [0.5, 0.6) is 0 Å². The van der Waals surface area contributed by atoms with Crippen molar-refractivity contribution in [3.8, 4) is 0 Å². The molecule has 6 nitrogen and oxygen atoms in total. The van der Waals surface area contributed by atoms with Gasteiger partial charge in [-0.15, -0.1) is 23.1 Å². The van der Waals surface area contributed by atoms with E-state index in [4.69, 9.17) is 0 Å². The second kappa shape index (κ2) is 9.32. The van der Waals surface area contributed by atoms with Gasteiger partial charge in [-0.3, -0.25) is 9.59 Å². The summed E-state index contributed by atoms with van der Waals surface area (Å²) >= 11 is 3.09. The van der Waals surface area contributed by atoms with Gasteiger partial charge in [-0.1, -0.05) is 6.92 Å². The number of benzene rings is 1. The molecule has 1 aliphatic rings. The van der Waals surface area contributed by atoms with E-state index < -0.39 is 9.84 Å². The van der Waals surface area contributed by atoms with E-state index >= 15 is 0 Å². The van der Waals surface area contributed by atoms with Gasteiger partial charge in [0.2, 0.25) is 11.8 Å². The maximum atomic E-state index is 12.6. The number of aryl methyl sites for hydroxylation is 1. The quantitative estimate of drug-likeness (QED) is 0.640. The van der Waals surface area contributed by atoms with Crippen LogP contribution in [0.1, 0.15) is 30.2 Å². The number of thioether (sulfide) groups is 1. The van der Waals surface area contributed by atoms with Crippen LogP contribution in [0.3, 0.4) is 0 Å². The van der Waals surface area contributed by atoms with Crippen molar-refractivity contribution in [1.82, 2.24) is 5.32 Å². The third-order valence-corrected chi connectivity index (χ3v) is 8.98. The van der Waals surface area contributed by atoms with E-state index in [9.17, 15) is 18.0 Å². The van der Waals surface area contributed by atoms with Crippen molar-refractivity contribution in [3.63, 3.8) is 0 Å². The smallest absolute Gasteiger partial charge is 0.237 e. The van der Waals surface area contributed by atoms with Crippen LogP contribution < -0.4 is 10.6 Å². The molecule has 1 aromatic carbocycles. The standard InChI is InChI=1S/C20H24N2O4S3/c1-3-16-20(24)22-15-12-14(4-5-18(15)28-16)29(25,26)11-8-19(23)21-9-6-17-13(2)7-10-27-17/h4-5,7,10,12,16H,3,6,8-9,11H2,1-2H3,(H,21,23)(H,22,24)/t16-/m1/s1. The summed E-state index contributed by atoms with van der Waals surface area (Å²) in [7, 11) is -3.62. The van der Waals surface area contributed by atoms with E-state index in [1.807, 2.05) is 25.3 Å². The Morgan fingerprint density at radius 1 is 1.28 bits per heavy atom. The Hall–Kier alpha value is -1.84. The van der Waals surface area contributed by atoms with Crippen LogP contribution in [0, 0.1) is 6.92 Å². The summed E-state index contributed by atoms with van der Waals surface area (Å²) in [6.07, 6.45) is 1.35. The highest BCUT2D eigenvalue weighted by Crippen LogP contribution is 2.38. The van der Waals surface area contributed by atoms with E-state index in [2.05, 4.69) is 10.6 Å². The number of carbonyl (C=O) groups excluding carboxylic acids is 2. The van der Waals surface area contributed by atoms with Crippen molar-refractivity contribution < 1.29 is 18.0 Å². The van der Waals surface area contributed by atoms with Crippen molar-refractivity contribution in [2.75, 3.05) is 17.6 Å². The molecule has 0 aliphatic carbocycles. The lowest BCUT2D eigenvalue weighted by Gasteiger charge is -2.23. The van der Waals surface area contributed by atoms with Crippen molar-refractivity contribution in [3.05, 3.63) is 40.1 Å². The molecule has 2 heterocycles. The summed E-state index contributed by atoms with van der Waals surface area (Å²) < 4.78 is 25.3. The zero-order chi connectivity index (χ0) is 21.0. The molecule has 0 spiro atoms. The van der Waals surface area contributed by atoms with Gasteiger partial charge in [0.05, 0.1) is 21.6 Å². The summed E-state index contributed by atoms with van der Waals surface area (Å²) in [5.74, 6) is -0.663. The average molecular weight is 453 g/mol. The highest BCUT2D eigenvalue weighted by molar-refractivity contribution is 8.01. The summed E-state index contributed by atoms with van der Waals surface area (Å²) in [6, 6.07) is 6.79. The lowest BCUT2D eigenvalue weighted by Crippen LogP contribution is -2.29. The number of nitrogens with one attached hydrogen (secondary N) is 2. The fourth-order valence-corrected chi connectivity index (χ4v) is 6.20. The first kappa shape index (κ1) is 21.9. The van der Waals surface area contributed by atoms with Crippen LogP contribution in [-0.2, 0) is 25.8 Å². The molecule has 0 fully saturated rings. The number of amides is 2. The average Bonchev–Trinajstić information content (AvgIpc) is 3.10. The summed E-state index contributed by atoms with van der Waals surface area (Å²) in [5, 5.41) is 7.42. The third kappa shape index (κ3) is 5.40. The first-order valence-corrected chi connectivity index (χ1v) is 12.9. The fourth-order valence-electron chi connectivity index (χ4n) is 3.00. The SMILES string of the molecule is CC[C@H]1Sc2ccc(S(=O)(=O)CCC(=O)NCCc3sccc3C)cc2NC1=O. The van der Waals surface area contributed by atoms with Gasteiger partial charge in [-0.05, 0) is 55.0 Å². The third-order valence-electron chi connectivity index (χ3n) is 4.74. The van der Waals surface area contributed by atoms with Gasteiger partial charge in [0, 0.05) is 22.7 Å². The van der Waals surface area contributed by atoms with Crippen LogP contribution >= 0.6 is 23.1 Å². The molecule has 156 valence electrons. The molecule has 1 aliphatic heterocycles. The topological polar surface area (TPSA) is 92.3 Å². The highest BCUT2D eigenvalue weighted by atomic mass is 32.2. The van der Waals surface area contributed by atoms with Crippen LogP contribution in [0.25, 0.3) is 0 Å². The fraction of sp³-hybridized carbons (Fsp3) is 0.400. The number of carbonyl (C=O) groups is 2. The maximum Gasteiger partial charge on any atom is 0.237 e. The predicted octanol–water partition coefficient (Wildman–Crippen LogP) is 3.40. The molecule has 0 radical (unpaired) electrons. The minimum absolute atomic E-state index is 0.0954. The maximum absolute atomic E-state index is 12.6. The minimum atomic E-state index is -3.62. The van der Waals surface area contributed by atoms with E-state index in [1.165, 1.54) is 28.3 Å². The van der Waals surface area contributed by atoms with Crippen molar-refractivity contribution in [2.45, 2.75) is 48.2 Å². The Labute approximate surface area is 179 Å². The highest BCUT2D eigenvalue weighted by Gasteiger charge is 2.27. The van der Waals surface area contributed by atoms with Crippen LogP contribution in [-0.4, -0.2) is 37.8 Å². The number of hydrogen-bond acceptors (Lipinski definition) is 6. The molecule has 3 rings (SSSR count). The second-order valence-electron chi connectivity index (χ2n) is 6.86. The molecule has 29 heavy (non-hydrogen) atoms. The van der Waals surface area contributed by atoms with Crippen molar-refractivity contribution >= 4 is 50.4 Å². The molecule has 2 N–H and O–H groups in total. The van der Waals surface area contributed by atoms with E-state index in [1.54, 1.807) is 23.5 Å². The Bertz CT molecular complexity index is 1010. The van der Waals surface area contributed by atoms with E-state index in [-0.39, 0.29) is 34.1 Å². The van der Waals surface area contributed by atoms with Gasteiger partial charge in [0.15, 0.2) is 9.84 Å². The van der Waals surface area contributed by atoms with Crippen molar-refractivity contribution in [1.29, 1.82) is 0 Å². The van der Waals surface area contributed by atoms with Gasteiger partial charge >= 0.3 is 0 Å². The number of rotatable bonds is 8. The largest absolute Gasteiger partial charge is 0.356 e. The summed E-state index contributed by atoms with van der Waals surface area (Å²) in [4.78, 5) is 26.3. The van der Waals surface area contributed by atoms with E-state index in [0.717, 1.165) is 11.3 Å². The molecule has 0 unspecified atom stereocenters. The van der Waals surface area contributed by atoms with Gasteiger partial charge < -0.3 is 10.6 Å². The van der Waals surface area contributed by atoms with Gasteiger partial charge in [0.1, 0.15) is 0 Å². The normalized spacial score (nSPS) is 16.2. The van der Waals surface area contributed by atoms with Gasteiger partial charge in [-0.2, -0.15) is 0 Å². The zero-order valence-electron chi connectivity index (χ0n) is 16.4. The molecule has 1 atom stereocenters. The molecule has 2 aromatic rings. The number of fused-ring (bicyclic) bond motifs is 1. The monoisotopic (exact) mass is 452 g/mol. The Morgan fingerprint density at radius 3 is 2.76 bits per heavy atom. The molecule has 0 saturated carbocycles. The molecule has 0 saturated heterocycles. The Balaban J connectivity index is 1.55. The molecular weight excluding hydrogens is 428 g/mol. The zero-order valence-corrected chi connectivity index (χ0v) is 18.8. The number of sulfone groups is 1. The summed E-state index contributed by atoms with van der Waals surface area (Å²) in [6.45, 7) is 4.46. The predicted molar refractivity (Wildman–Crippen MR) is 117 cm³/mol. The van der Waals surface area contributed by atoms with Gasteiger partial charge in [0.25, 0.3) is 0 Å². The number of hydrogen-bond donors (Lipinski definition) is 2. The first-order valence-electron chi connectivity index (χ1n) is 9.44. The van der Waals surface area contributed by atoms with Crippen LogP contribution in [0.2, 0.25) is 0 Å². The summed E-state index contributed by atoms with van der Waals surface area (Å²) in [5.41, 5.74) is 1.72. The van der Waals surface area contributed by atoms with Crippen LogP contribution in [0.15, 0.2) is 39.4 Å². The van der Waals surface area contributed by atoms with Crippen LogP contribution in [0.4, 0.5) is 5.69 Å².